The Bertz CT molecular complexity index is 578. The molecule has 1 aliphatic rings. The fourth-order valence-electron chi connectivity index (χ4n) is 2.74. The summed E-state index contributed by atoms with van der Waals surface area (Å²) in [5.74, 6) is 2.02. The van der Waals surface area contributed by atoms with Gasteiger partial charge in [0.05, 0.1) is 13.2 Å². The second kappa shape index (κ2) is 6.28. The molecule has 2 N–H and O–H groups in total. The second-order valence-corrected chi connectivity index (χ2v) is 5.38. The summed E-state index contributed by atoms with van der Waals surface area (Å²) in [5.41, 5.74) is 7.48. The lowest BCUT2D eigenvalue weighted by atomic mass is 10.1. The Balaban J connectivity index is 1.60. The van der Waals surface area contributed by atoms with Crippen LogP contribution in [0.25, 0.3) is 0 Å². The van der Waals surface area contributed by atoms with E-state index < -0.39 is 0 Å². The lowest BCUT2D eigenvalue weighted by Gasteiger charge is -2.29. The standard InChI is InChI=1S/C16H22N4O/c1-2-21-14-5-3-13(4-6-14)15(17)11-19-9-10-20-8-7-18-16(20)12-19/h3-8,15H,2,9-12,17H2,1H3. The third-order valence-corrected chi connectivity index (χ3v) is 3.90. The van der Waals surface area contributed by atoms with Crippen LogP contribution in [0.1, 0.15) is 24.4 Å². The van der Waals surface area contributed by atoms with Gasteiger partial charge in [0.25, 0.3) is 0 Å². The molecule has 5 nitrogen and oxygen atoms in total. The van der Waals surface area contributed by atoms with Crippen LogP contribution < -0.4 is 10.5 Å². The van der Waals surface area contributed by atoms with Gasteiger partial charge in [-0.15, -0.1) is 0 Å². The maximum Gasteiger partial charge on any atom is 0.122 e. The molecule has 1 unspecified atom stereocenters. The maximum atomic E-state index is 6.34. The maximum absolute atomic E-state index is 6.34. The number of hydrogen-bond acceptors (Lipinski definition) is 4. The summed E-state index contributed by atoms with van der Waals surface area (Å²) in [4.78, 5) is 6.75. The monoisotopic (exact) mass is 286 g/mol. The van der Waals surface area contributed by atoms with Gasteiger partial charge < -0.3 is 15.0 Å². The molecule has 0 radical (unpaired) electrons. The molecule has 0 saturated heterocycles. The molecule has 0 saturated carbocycles. The third-order valence-electron chi connectivity index (χ3n) is 3.90. The van der Waals surface area contributed by atoms with Gasteiger partial charge in [0, 0.05) is 38.1 Å². The smallest absolute Gasteiger partial charge is 0.122 e. The average molecular weight is 286 g/mol. The van der Waals surface area contributed by atoms with Gasteiger partial charge in [0.1, 0.15) is 11.6 Å². The first kappa shape index (κ1) is 14.1. The van der Waals surface area contributed by atoms with Crippen LogP contribution in [0.3, 0.4) is 0 Å². The Morgan fingerprint density at radius 1 is 1.29 bits per heavy atom. The van der Waals surface area contributed by atoms with Crippen molar-refractivity contribution in [1.82, 2.24) is 14.5 Å². The van der Waals surface area contributed by atoms with E-state index in [0.29, 0.717) is 6.61 Å². The zero-order valence-electron chi connectivity index (χ0n) is 12.4. The molecular weight excluding hydrogens is 264 g/mol. The summed E-state index contributed by atoms with van der Waals surface area (Å²) in [6.07, 6.45) is 3.91. The van der Waals surface area contributed by atoms with Gasteiger partial charge in [-0.05, 0) is 24.6 Å². The van der Waals surface area contributed by atoms with Crippen molar-refractivity contribution in [3.05, 3.63) is 48.0 Å². The Morgan fingerprint density at radius 3 is 2.86 bits per heavy atom. The second-order valence-electron chi connectivity index (χ2n) is 5.38. The Morgan fingerprint density at radius 2 is 2.10 bits per heavy atom. The zero-order valence-corrected chi connectivity index (χ0v) is 12.4. The van der Waals surface area contributed by atoms with E-state index >= 15 is 0 Å². The van der Waals surface area contributed by atoms with E-state index in [-0.39, 0.29) is 6.04 Å². The highest BCUT2D eigenvalue weighted by atomic mass is 16.5. The minimum absolute atomic E-state index is 0.0159. The predicted molar refractivity (Wildman–Crippen MR) is 82.0 cm³/mol. The van der Waals surface area contributed by atoms with Crippen LogP contribution in [0, 0.1) is 0 Å². The van der Waals surface area contributed by atoms with E-state index in [4.69, 9.17) is 10.5 Å². The van der Waals surface area contributed by atoms with Crippen molar-refractivity contribution < 1.29 is 4.74 Å². The van der Waals surface area contributed by atoms with Gasteiger partial charge in [-0.25, -0.2) is 4.98 Å². The lowest BCUT2D eigenvalue weighted by molar-refractivity contribution is 0.205. The Labute approximate surface area is 125 Å². The van der Waals surface area contributed by atoms with Gasteiger partial charge in [-0.1, -0.05) is 12.1 Å². The van der Waals surface area contributed by atoms with Crippen molar-refractivity contribution in [2.24, 2.45) is 5.73 Å². The molecule has 1 aromatic heterocycles. The van der Waals surface area contributed by atoms with E-state index in [1.807, 2.05) is 31.5 Å². The SMILES string of the molecule is CCOc1ccc(C(N)CN2CCn3ccnc3C2)cc1. The molecule has 5 heteroatoms. The topological polar surface area (TPSA) is 56.3 Å². The van der Waals surface area contributed by atoms with Crippen LogP contribution >= 0.6 is 0 Å². The van der Waals surface area contributed by atoms with Crippen molar-refractivity contribution in [3.8, 4) is 5.75 Å². The zero-order chi connectivity index (χ0) is 14.7. The molecule has 1 aromatic carbocycles. The van der Waals surface area contributed by atoms with Crippen LogP contribution in [0.2, 0.25) is 0 Å². The van der Waals surface area contributed by atoms with Gasteiger partial charge in [0.15, 0.2) is 0 Å². The average Bonchev–Trinajstić information content (AvgIpc) is 2.96. The molecule has 21 heavy (non-hydrogen) atoms. The normalized spacial score (nSPS) is 16.5. The van der Waals surface area contributed by atoms with Gasteiger partial charge in [-0.3, -0.25) is 4.90 Å². The lowest BCUT2D eigenvalue weighted by Crippen LogP contribution is -2.38. The first-order valence-corrected chi connectivity index (χ1v) is 7.47. The number of imidazole rings is 1. The molecular formula is C16H22N4O. The van der Waals surface area contributed by atoms with Crippen molar-refractivity contribution in [2.45, 2.75) is 26.1 Å². The summed E-state index contributed by atoms with van der Waals surface area (Å²) >= 11 is 0. The van der Waals surface area contributed by atoms with E-state index in [2.05, 4.69) is 26.6 Å². The van der Waals surface area contributed by atoms with Crippen molar-refractivity contribution in [3.63, 3.8) is 0 Å². The highest BCUT2D eigenvalue weighted by Crippen LogP contribution is 2.19. The van der Waals surface area contributed by atoms with Gasteiger partial charge in [0.2, 0.25) is 0 Å². The van der Waals surface area contributed by atoms with Gasteiger partial charge >= 0.3 is 0 Å². The highest BCUT2D eigenvalue weighted by molar-refractivity contribution is 5.29. The summed E-state index contributed by atoms with van der Waals surface area (Å²) in [6, 6.07) is 8.10. The minimum atomic E-state index is 0.0159. The number of nitrogens with zero attached hydrogens (tertiary/aromatic N) is 3. The Hall–Kier alpha value is -1.85. The van der Waals surface area contributed by atoms with E-state index in [0.717, 1.165) is 43.3 Å². The number of ether oxygens (including phenoxy) is 1. The number of benzene rings is 1. The molecule has 1 aliphatic heterocycles. The van der Waals surface area contributed by atoms with Crippen molar-refractivity contribution >= 4 is 0 Å². The van der Waals surface area contributed by atoms with Crippen LogP contribution in [-0.2, 0) is 13.1 Å². The third kappa shape index (κ3) is 3.25. The van der Waals surface area contributed by atoms with Crippen LogP contribution in [-0.4, -0.2) is 34.1 Å². The molecule has 3 rings (SSSR count). The van der Waals surface area contributed by atoms with E-state index in [1.165, 1.54) is 0 Å². The van der Waals surface area contributed by atoms with Gasteiger partial charge in [-0.2, -0.15) is 0 Å². The van der Waals surface area contributed by atoms with E-state index in [1.54, 1.807) is 0 Å². The summed E-state index contributed by atoms with van der Waals surface area (Å²) < 4.78 is 7.67. The van der Waals surface area contributed by atoms with Crippen LogP contribution in [0.5, 0.6) is 5.75 Å². The predicted octanol–water partition coefficient (Wildman–Crippen LogP) is 1.80. The highest BCUT2D eigenvalue weighted by Gasteiger charge is 2.19. The minimum Gasteiger partial charge on any atom is -0.494 e. The molecule has 0 spiro atoms. The molecule has 0 aliphatic carbocycles. The largest absolute Gasteiger partial charge is 0.494 e. The molecule has 0 bridgehead atoms. The quantitative estimate of drug-likeness (QED) is 0.910. The van der Waals surface area contributed by atoms with Crippen molar-refractivity contribution in [2.75, 3.05) is 19.7 Å². The fraction of sp³-hybridized carbons (Fsp3) is 0.438. The van der Waals surface area contributed by atoms with Crippen LogP contribution in [0.15, 0.2) is 36.7 Å². The summed E-state index contributed by atoms with van der Waals surface area (Å²) in [5, 5.41) is 0. The van der Waals surface area contributed by atoms with Crippen molar-refractivity contribution in [1.29, 1.82) is 0 Å². The number of aromatic nitrogens is 2. The number of nitrogens with two attached hydrogens (primary N) is 1. The Kier molecular flexibility index (Phi) is 4.22. The number of hydrogen-bond donors (Lipinski definition) is 1. The molecule has 1 atom stereocenters. The molecule has 0 fully saturated rings. The summed E-state index contributed by atoms with van der Waals surface area (Å²) in [7, 11) is 0. The summed E-state index contributed by atoms with van der Waals surface area (Å²) in [6.45, 7) is 6.41. The fourth-order valence-corrected chi connectivity index (χ4v) is 2.74. The van der Waals surface area contributed by atoms with E-state index in [9.17, 15) is 0 Å². The number of fused-ring (bicyclic) bond motifs is 1. The first-order chi connectivity index (χ1) is 10.3. The molecule has 0 amide bonds. The number of rotatable bonds is 5. The van der Waals surface area contributed by atoms with Crippen LogP contribution in [0.4, 0.5) is 0 Å². The molecule has 112 valence electrons. The molecule has 2 heterocycles. The molecule has 2 aromatic rings. The first-order valence-electron chi connectivity index (χ1n) is 7.47.